The van der Waals surface area contributed by atoms with E-state index in [1.54, 1.807) is 7.05 Å². The molecule has 1 fully saturated rings. The fraction of sp³-hybridized carbons (Fsp3) is 0.600. The first kappa shape index (κ1) is 14.7. The number of fused-ring (bicyclic) bond motifs is 3. The molecule has 0 radical (unpaired) electrons. The molecule has 0 aromatic carbocycles. The van der Waals surface area contributed by atoms with Crippen molar-refractivity contribution >= 4 is 23.7 Å². The lowest BCUT2D eigenvalue weighted by Gasteiger charge is -2.32. The van der Waals surface area contributed by atoms with Gasteiger partial charge in [-0.3, -0.25) is 14.6 Å². The molecule has 1 saturated heterocycles. The van der Waals surface area contributed by atoms with Crippen molar-refractivity contribution < 1.29 is 14.2 Å². The number of hydrogen-bond donors (Lipinski definition) is 0. The van der Waals surface area contributed by atoms with Crippen LogP contribution in [-0.4, -0.2) is 45.7 Å². The average Bonchev–Trinajstić information content (AvgIpc) is 2.95. The van der Waals surface area contributed by atoms with Gasteiger partial charge < -0.3 is 0 Å². The highest BCUT2D eigenvalue weighted by molar-refractivity contribution is 6.19. The molecule has 0 spiro atoms. The van der Waals surface area contributed by atoms with Crippen LogP contribution in [0.1, 0.15) is 45.0 Å². The summed E-state index contributed by atoms with van der Waals surface area (Å²) in [6, 6.07) is -0.577. The summed E-state index contributed by atoms with van der Waals surface area (Å²) in [7, 11) is 1.68. The molecule has 118 valence electrons. The number of hydrogen-bond acceptors (Lipinski definition) is 3. The molecule has 2 aliphatic heterocycles. The maximum atomic E-state index is 12.8. The number of imide groups is 1. The van der Waals surface area contributed by atoms with Gasteiger partial charge in [0.2, 0.25) is 11.9 Å². The predicted molar refractivity (Wildman–Crippen MR) is 81.0 cm³/mol. The van der Waals surface area contributed by atoms with Gasteiger partial charge in [-0.15, -0.1) is 0 Å². The van der Waals surface area contributed by atoms with Gasteiger partial charge in [0.25, 0.3) is 5.91 Å². The van der Waals surface area contributed by atoms with Crippen molar-refractivity contribution in [1.29, 1.82) is 0 Å². The zero-order chi connectivity index (χ0) is 16.2. The van der Waals surface area contributed by atoms with Crippen LogP contribution >= 0.6 is 0 Å². The number of carbonyl (C=O) groups is 2. The molecule has 0 N–H and O–H groups in total. The summed E-state index contributed by atoms with van der Waals surface area (Å²) in [5, 5.41) is 0. The van der Waals surface area contributed by atoms with Gasteiger partial charge in [0.1, 0.15) is 11.9 Å². The highest BCUT2D eigenvalue weighted by atomic mass is 16.2. The lowest BCUT2D eigenvalue weighted by atomic mass is 10.1. The van der Waals surface area contributed by atoms with Crippen molar-refractivity contribution in [3.63, 3.8) is 0 Å². The number of rotatable bonds is 3. The monoisotopic (exact) mass is 304 g/mol. The molecule has 22 heavy (non-hydrogen) atoms. The zero-order valence-corrected chi connectivity index (χ0v) is 13.7. The summed E-state index contributed by atoms with van der Waals surface area (Å²) in [5.41, 5.74) is 1.06. The van der Waals surface area contributed by atoms with Gasteiger partial charge in [-0.25, -0.2) is 13.9 Å². The van der Waals surface area contributed by atoms with Crippen molar-refractivity contribution in [1.82, 2.24) is 14.4 Å². The number of imidazole rings is 1. The number of aryl methyl sites for hydroxylation is 1. The zero-order valence-electron chi connectivity index (χ0n) is 13.7. The molecule has 1 unspecified atom stereocenters. The normalized spacial score (nSPS) is 20.6. The van der Waals surface area contributed by atoms with E-state index in [0.29, 0.717) is 12.4 Å². The molecule has 7 heteroatoms. The lowest BCUT2D eigenvalue weighted by molar-refractivity contribution is -0.677. The minimum absolute atomic E-state index is 0.187. The van der Waals surface area contributed by atoms with Crippen LogP contribution < -0.4 is 4.57 Å². The van der Waals surface area contributed by atoms with Crippen LogP contribution in [0, 0.1) is 6.92 Å². The molecule has 3 heterocycles. The number of nitrogens with zero attached hydrogens (tertiary/aromatic N) is 5. The van der Waals surface area contributed by atoms with Crippen LogP contribution in [0.25, 0.3) is 0 Å². The van der Waals surface area contributed by atoms with E-state index in [1.165, 1.54) is 9.80 Å². The Kier molecular flexibility index (Phi) is 3.30. The van der Waals surface area contributed by atoms with Crippen LogP contribution in [0.3, 0.4) is 0 Å². The number of likely N-dealkylation sites (N-methyl/N-ethyl adjacent to an activating group) is 1. The molecular weight excluding hydrogens is 282 g/mol. The van der Waals surface area contributed by atoms with E-state index in [4.69, 9.17) is 0 Å². The molecule has 0 bridgehead atoms. The van der Waals surface area contributed by atoms with Crippen LogP contribution in [0.15, 0.2) is 11.2 Å². The second-order valence-corrected chi connectivity index (χ2v) is 6.15. The predicted octanol–water partition coefficient (Wildman–Crippen LogP) is 1.55. The number of aliphatic imine (C=N–C) groups is 1. The summed E-state index contributed by atoms with van der Waals surface area (Å²) in [6.07, 6.45) is 2.69. The van der Waals surface area contributed by atoms with E-state index in [1.807, 2.05) is 24.6 Å². The number of amidine groups is 1. The van der Waals surface area contributed by atoms with Gasteiger partial charge in [-0.05, 0) is 27.2 Å². The highest BCUT2D eigenvalue weighted by Crippen LogP contribution is 2.30. The van der Waals surface area contributed by atoms with Crippen LogP contribution in [-0.2, 0) is 4.79 Å². The number of aromatic nitrogens is 2. The Labute approximate surface area is 129 Å². The summed E-state index contributed by atoms with van der Waals surface area (Å²) < 4.78 is 3.97. The van der Waals surface area contributed by atoms with Gasteiger partial charge in [-0.1, -0.05) is 11.9 Å². The van der Waals surface area contributed by atoms with Crippen molar-refractivity contribution in [3.05, 3.63) is 11.9 Å². The minimum atomic E-state index is -0.525. The summed E-state index contributed by atoms with van der Waals surface area (Å²) in [4.78, 5) is 32.5. The van der Waals surface area contributed by atoms with E-state index in [9.17, 15) is 9.59 Å². The third-order valence-corrected chi connectivity index (χ3v) is 4.21. The first-order valence-electron chi connectivity index (χ1n) is 7.69. The molecule has 2 aliphatic rings. The SMILES string of the molecule is CCCN1C(=O)C2C(=Nc3n(C(C)C)c(C)c[n+]32)N(C)C1=O. The van der Waals surface area contributed by atoms with Crippen molar-refractivity contribution in [2.24, 2.45) is 4.99 Å². The molecule has 0 saturated carbocycles. The lowest BCUT2D eigenvalue weighted by Crippen LogP contribution is -2.62. The molecule has 3 rings (SSSR count). The maximum Gasteiger partial charge on any atom is 0.402 e. The van der Waals surface area contributed by atoms with E-state index in [2.05, 4.69) is 23.4 Å². The summed E-state index contributed by atoms with van der Waals surface area (Å²) in [6.45, 7) is 8.56. The Balaban J connectivity index is 2.12. The maximum absolute atomic E-state index is 12.8. The van der Waals surface area contributed by atoms with Gasteiger partial charge in [-0.2, -0.15) is 0 Å². The Morgan fingerprint density at radius 1 is 1.36 bits per heavy atom. The summed E-state index contributed by atoms with van der Waals surface area (Å²) >= 11 is 0. The Morgan fingerprint density at radius 3 is 2.64 bits per heavy atom. The highest BCUT2D eigenvalue weighted by Gasteiger charge is 2.52. The molecule has 1 atom stereocenters. The Bertz CT molecular complexity index is 688. The third-order valence-electron chi connectivity index (χ3n) is 4.21. The molecule has 0 aliphatic carbocycles. The van der Waals surface area contributed by atoms with E-state index >= 15 is 0 Å². The summed E-state index contributed by atoms with van der Waals surface area (Å²) in [5.74, 6) is 1.07. The molecule has 1 aromatic rings. The number of carbonyl (C=O) groups excluding carboxylic acids is 2. The minimum Gasteiger partial charge on any atom is -0.270 e. The topological polar surface area (TPSA) is 61.8 Å². The largest absolute Gasteiger partial charge is 0.402 e. The second kappa shape index (κ2) is 4.93. The fourth-order valence-corrected chi connectivity index (χ4v) is 3.27. The molecule has 3 amide bonds. The smallest absolute Gasteiger partial charge is 0.270 e. The standard InChI is InChI=1S/C15H22N5O2/c1-6-7-18-13(21)11-12(17(5)15(18)22)16-14-19(11)8-10(4)20(14)9(2)3/h8-9,11H,6-7H2,1-5H3/q+1. The van der Waals surface area contributed by atoms with Crippen molar-refractivity contribution in [2.75, 3.05) is 13.6 Å². The second-order valence-electron chi connectivity index (χ2n) is 6.15. The third kappa shape index (κ3) is 1.81. The number of urea groups is 1. The first-order valence-corrected chi connectivity index (χ1v) is 7.69. The molecular formula is C15H22N5O2+. The quantitative estimate of drug-likeness (QED) is 0.796. The van der Waals surface area contributed by atoms with Crippen LogP contribution in [0.5, 0.6) is 0 Å². The molecule has 7 nitrogen and oxygen atoms in total. The van der Waals surface area contributed by atoms with E-state index in [-0.39, 0.29) is 18.0 Å². The van der Waals surface area contributed by atoms with Crippen LogP contribution in [0.4, 0.5) is 10.7 Å². The first-order chi connectivity index (χ1) is 10.4. The van der Waals surface area contributed by atoms with Gasteiger partial charge in [0, 0.05) is 13.6 Å². The van der Waals surface area contributed by atoms with E-state index in [0.717, 1.165) is 18.1 Å². The van der Waals surface area contributed by atoms with Crippen LogP contribution in [0.2, 0.25) is 0 Å². The van der Waals surface area contributed by atoms with Crippen molar-refractivity contribution in [3.8, 4) is 0 Å². The van der Waals surface area contributed by atoms with E-state index < -0.39 is 6.04 Å². The average molecular weight is 304 g/mol. The fourth-order valence-electron chi connectivity index (χ4n) is 3.27. The van der Waals surface area contributed by atoms with Gasteiger partial charge in [0.05, 0.1) is 6.04 Å². The number of amides is 3. The van der Waals surface area contributed by atoms with Gasteiger partial charge in [0.15, 0.2) is 0 Å². The molecule has 1 aromatic heterocycles. The Morgan fingerprint density at radius 2 is 2.05 bits per heavy atom. The van der Waals surface area contributed by atoms with Gasteiger partial charge >= 0.3 is 12.0 Å². The Hall–Kier alpha value is -2.18. The van der Waals surface area contributed by atoms with Crippen molar-refractivity contribution in [2.45, 2.75) is 46.2 Å².